The van der Waals surface area contributed by atoms with Gasteiger partial charge in [0.05, 0.1) is 12.2 Å². The van der Waals surface area contributed by atoms with Gasteiger partial charge >= 0.3 is 0 Å². The van der Waals surface area contributed by atoms with Gasteiger partial charge in [0.25, 0.3) is 11.8 Å². The molecule has 0 bridgehead atoms. The highest BCUT2D eigenvalue weighted by Gasteiger charge is 2.42. The molecular formula is C27H32N2O4. The molecule has 0 fully saturated rings. The number of nitrogens with zero attached hydrogens (tertiary/aromatic N) is 2. The SMILES string of the molecule is CCOCCCN1C(=O)C(c2ccc(OCC(C)C)cc2)=C(N2CCc3ccccc32)C1=O. The van der Waals surface area contributed by atoms with Gasteiger partial charge in [-0.3, -0.25) is 14.5 Å². The number of para-hydroxylation sites is 1. The highest BCUT2D eigenvalue weighted by Crippen LogP contribution is 2.38. The monoisotopic (exact) mass is 448 g/mol. The lowest BCUT2D eigenvalue weighted by Crippen LogP contribution is -2.36. The van der Waals surface area contributed by atoms with Gasteiger partial charge in [-0.15, -0.1) is 0 Å². The molecule has 0 saturated heterocycles. The molecule has 4 rings (SSSR count). The lowest BCUT2D eigenvalue weighted by atomic mass is 10.0. The zero-order valence-corrected chi connectivity index (χ0v) is 19.7. The number of amides is 2. The van der Waals surface area contributed by atoms with Gasteiger partial charge in [-0.05, 0) is 55.0 Å². The number of carbonyl (C=O) groups is 2. The number of rotatable bonds is 10. The van der Waals surface area contributed by atoms with E-state index in [1.807, 2.05) is 54.3 Å². The van der Waals surface area contributed by atoms with Crippen LogP contribution in [-0.4, -0.2) is 49.6 Å². The first-order chi connectivity index (χ1) is 16.0. The Kier molecular flexibility index (Phi) is 7.14. The summed E-state index contributed by atoms with van der Waals surface area (Å²) in [4.78, 5) is 30.4. The summed E-state index contributed by atoms with van der Waals surface area (Å²) in [5.41, 5.74) is 3.86. The third kappa shape index (κ3) is 4.81. The van der Waals surface area contributed by atoms with Crippen LogP contribution in [0.2, 0.25) is 0 Å². The van der Waals surface area contributed by atoms with Crippen molar-refractivity contribution >= 4 is 23.1 Å². The van der Waals surface area contributed by atoms with Crippen LogP contribution in [0.1, 0.15) is 38.3 Å². The van der Waals surface area contributed by atoms with Gasteiger partial charge in [-0.25, -0.2) is 0 Å². The number of carbonyl (C=O) groups excluding carboxylic acids is 2. The van der Waals surface area contributed by atoms with E-state index in [-0.39, 0.29) is 11.8 Å². The minimum atomic E-state index is -0.244. The summed E-state index contributed by atoms with van der Waals surface area (Å²) in [7, 11) is 0. The van der Waals surface area contributed by atoms with Crippen LogP contribution >= 0.6 is 0 Å². The molecule has 0 N–H and O–H groups in total. The Balaban J connectivity index is 1.67. The van der Waals surface area contributed by atoms with E-state index in [0.717, 1.165) is 23.4 Å². The van der Waals surface area contributed by atoms with Crippen LogP contribution in [0.5, 0.6) is 5.75 Å². The zero-order chi connectivity index (χ0) is 23.4. The molecule has 174 valence electrons. The largest absolute Gasteiger partial charge is 0.493 e. The molecule has 0 spiro atoms. The van der Waals surface area contributed by atoms with Gasteiger partial charge in [-0.1, -0.05) is 44.2 Å². The number of imide groups is 1. The summed E-state index contributed by atoms with van der Waals surface area (Å²) < 4.78 is 11.2. The highest BCUT2D eigenvalue weighted by molar-refractivity contribution is 6.36. The minimum Gasteiger partial charge on any atom is -0.493 e. The predicted molar refractivity (Wildman–Crippen MR) is 129 cm³/mol. The highest BCUT2D eigenvalue weighted by atomic mass is 16.5. The van der Waals surface area contributed by atoms with Crippen LogP contribution in [0.15, 0.2) is 54.2 Å². The van der Waals surface area contributed by atoms with E-state index in [9.17, 15) is 9.59 Å². The van der Waals surface area contributed by atoms with Crippen molar-refractivity contribution in [2.75, 3.05) is 37.8 Å². The zero-order valence-electron chi connectivity index (χ0n) is 19.7. The molecule has 0 radical (unpaired) electrons. The summed E-state index contributed by atoms with van der Waals surface area (Å²) in [6, 6.07) is 15.6. The molecule has 6 heteroatoms. The molecule has 2 heterocycles. The van der Waals surface area contributed by atoms with Crippen LogP contribution in [0.4, 0.5) is 5.69 Å². The van der Waals surface area contributed by atoms with Crippen molar-refractivity contribution in [3.63, 3.8) is 0 Å². The van der Waals surface area contributed by atoms with Crippen molar-refractivity contribution in [1.82, 2.24) is 4.90 Å². The lowest BCUT2D eigenvalue weighted by molar-refractivity contribution is -0.137. The predicted octanol–water partition coefficient (Wildman–Crippen LogP) is 4.29. The second kappa shape index (κ2) is 10.2. The van der Waals surface area contributed by atoms with Crippen molar-refractivity contribution in [3.05, 3.63) is 65.4 Å². The van der Waals surface area contributed by atoms with Gasteiger partial charge < -0.3 is 14.4 Å². The van der Waals surface area contributed by atoms with Gasteiger partial charge in [0.2, 0.25) is 0 Å². The minimum absolute atomic E-state index is 0.233. The van der Waals surface area contributed by atoms with E-state index >= 15 is 0 Å². The molecular weight excluding hydrogens is 416 g/mol. The van der Waals surface area contributed by atoms with Crippen LogP contribution in [0.25, 0.3) is 5.57 Å². The Labute approximate surface area is 195 Å². The molecule has 2 aromatic carbocycles. The van der Waals surface area contributed by atoms with Crippen molar-refractivity contribution < 1.29 is 19.1 Å². The number of fused-ring (bicyclic) bond motifs is 1. The molecule has 33 heavy (non-hydrogen) atoms. The van der Waals surface area contributed by atoms with Crippen molar-refractivity contribution in [2.45, 2.75) is 33.6 Å². The van der Waals surface area contributed by atoms with E-state index in [1.54, 1.807) is 0 Å². The smallest absolute Gasteiger partial charge is 0.278 e. The van der Waals surface area contributed by atoms with E-state index in [2.05, 4.69) is 19.9 Å². The molecule has 2 aliphatic rings. The van der Waals surface area contributed by atoms with Crippen LogP contribution in [0, 0.1) is 5.92 Å². The molecule has 0 aromatic heterocycles. The second-order valence-corrected chi connectivity index (χ2v) is 8.80. The first kappa shape index (κ1) is 23.1. The normalized spacial score (nSPS) is 15.8. The topological polar surface area (TPSA) is 59.1 Å². The molecule has 2 amide bonds. The standard InChI is InChI=1S/C27H32N2O4/c1-4-32-17-7-15-29-26(30)24(21-10-12-22(13-11-21)33-18-19(2)3)25(27(29)31)28-16-14-20-8-5-6-9-23(20)28/h5-6,8-13,19H,4,7,14-18H2,1-3H3. The number of benzene rings is 2. The van der Waals surface area contributed by atoms with Gasteiger partial charge in [0.15, 0.2) is 0 Å². The maximum Gasteiger partial charge on any atom is 0.278 e. The van der Waals surface area contributed by atoms with E-state index in [0.29, 0.717) is 56.5 Å². The molecule has 0 saturated carbocycles. The number of hydrogen-bond donors (Lipinski definition) is 0. The Morgan fingerprint density at radius 2 is 1.76 bits per heavy atom. The Morgan fingerprint density at radius 3 is 2.48 bits per heavy atom. The van der Waals surface area contributed by atoms with Crippen molar-refractivity contribution in [2.24, 2.45) is 5.92 Å². The molecule has 6 nitrogen and oxygen atoms in total. The molecule has 0 atom stereocenters. The summed E-state index contributed by atoms with van der Waals surface area (Å²) in [5, 5.41) is 0. The van der Waals surface area contributed by atoms with Crippen LogP contribution in [0.3, 0.4) is 0 Å². The Hall–Kier alpha value is -3.12. The average molecular weight is 449 g/mol. The van der Waals surface area contributed by atoms with Crippen LogP contribution in [-0.2, 0) is 20.7 Å². The number of anilines is 1. The van der Waals surface area contributed by atoms with E-state index < -0.39 is 0 Å². The fraction of sp³-hybridized carbons (Fsp3) is 0.407. The summed E-state index contributed by atoms with van der Waals surface area (Å²) in [6.45, 7) is 8.92. The maximum atomic E-state index is 13.5. The second-order valence-electron chi connectivity index (χ2n) is 8.80. The maximum absolute atomic E-state index is 13.5. The third-order valence-electron chi connectivity index (χ3n) is 5.90. The van der Waals surface area contributed by atoms with Crippen molar-refractivity contribution in [3.8, 4) is 5.75 Å². The average Bonchev–Trinajstić information content (AvgIpc) is 3.34. The fourth-order valence-corrected chi connectivity index (χ4v) is 4.30. The first-order valence-electron chi connectivity index (χ1n) is 11.8. The quantitative estimate of drug-likeness (QED) is 0.401. The van der Waals surface area contributed by atoms with Crippen molar-refractivity contribution in [1.29, 1.82) is 0 Å². The van der Waals surface area contributed by atoms with Gasteiger partial charge in [0, 0.05) is 32.0 Å². The third-order valence-corrected chi connectivity index (χ3v) is 5.90. The van der Waals surface area contributed by atoms with Crippen LogP contribution < -0.4 is 9.64 Å². The van der Waals surface area contributed by atoms with Gasteiger partial charge in [-0.2, -0.15) is 0 Å². The summed E-state index contributed by atoms with van der Waals surface area (Å²) >= 11 is 0. The Morgan fingerprint density at radius 1 is 1.00 bits per heavy atom. The molecule has 2 aromatic rings. The molecule has 0 unspecified atom stereocenters. The fourth-order valence-electron chi connectivity index (χ4n) is 4.30. The number of ether oxygens (including phenoxy) is 2. The molecule has 0 aliphatic carbocycles. The van der Waals surface area contributed by atoms with Gasteiger partial charge in [0.1, 0.15) is 11.4 Å². The first-order valence-corrected chi connectivity index (χ1v) is 11.8. The molecule has 2 aliphatic heterocycles. The lowest BCUT2D eigenvalue weighted by Gasteiger charge is -2.21. The van der Waals surface area contributed by atoms with E-state index in [1.165, 1.54) is 10.5 Å². The van der Waals surface area contributed by atoms with E-state index in [4.69, 9.17) is 9.47 Å². The summed E-state index contributed by atoms with van der Waals surface area (Å²) in [6.07, 6.45) is 1.46. The summed E-state index contributed by atoms with van der Waals surface area (Å²) in [5.74, 6) is 0.704. The Bertz CT molecular complexity index is 1040. The number of hydrogen-bond acceptors (Lipinski definition) is 5.